The van der Waals surface area contributed by atoms with Crippen molar-refractivity contribution in [2.24, 2.45) is 33.6 Å². The topological polar surface area (TPSA) is 35.8 Å². The monoisotopic (exact) mass is 328 g/mol. The predicted octanol–water partition coefficient (Wildman–Crippen LogP) is 3.98. The molecule has 2 aliphatic heterocycles. The Morgan fingerprint density at radius 3 is 2.75 bits per heavy atom. The van der Waals surface area contributed by atoms with Gasteiger partial charge in [-0.2, -0.15) is 0 Å². The summed E-state index contributed by atoms with van der Waals surface area (Å²) in [5, 5.41) is 11.0. The molecule has 132 valence electrons. The second-order valence-corrected chi connectivity index (χ2v) is 9.84. The summed E-state index contributed by atoms with van der Waals surface area (Å²) in [7, 11) is 0. The molecule has 24 heavy (non-hydrogen) atoms. The number of aliphatic hydroxyl groups is 1. The van der Waals surface area contributed by atoms with Crippen molar-refractivity contribution in [1.29, 1.82) is 0 Å². The maximum Gasteiger partial charge on any atom is 0.103 e. The van der Waals surface area contributed by atoms with Gasteiger partial charge in [0.25, 0.3) is 0 Å². The van der Waals surface area contributed by atoms with Crippen LogP contribution >= 0.6 is 0 Å². The lowest BCUT2D eigenvalue weighted by molar-refractivity contribution is -0.114. The Bertz CT molecular complexity index is 636. The van der Waals surface area contributed by atoms with Crippen LogP contribution in [0.2, 0.25) is 0 Å². The molecule has 1 saturated heterocycles. The number of amidine groups is 1. The van der Waals surface area contributed by atoms with Gasteiger partial charge in [-0.05, 0) is 68.6 Å². The summed E-state index contributed by atoms with van der Waals surface area (Å²) in [6.45, 7) is 9.12. The summed E-state index contributed by atoms with van der Waals surface area (Å²) in [6.07, 6.45) is 10.9. The first-order valence-electron chi connectivity index (χ1n) is 10.1. The Labute approximate surface area is 146 Å². The van der Waals surface area contributed by atoms with Crippen LogP contribution in [0.15, 0.2) is 16.8 Å². The first-order chi connectivity index (χ1) is 11.4. The molecule has 6 atom stereocenters. The Morgan fingerprint density at radius 1 is 1.12 bits per heavy atom. The fourth-order valence-electron chi connectivity index (χ4n) is 7.39. The van der Waals surface area contributed by atoms with E-state index in [9.17, 15) is 5.11 Å². The largest absolute Gasteiger partial charge is 0.390 e. The van der Waals surface area contributed by atoms with Gasteiger partial charge in [-0.3, -0.25) is 4.99 Å². The number of nitrogens with zero attached hydrogens (tertiary/aromatic N) is 2. The fourth-order valence-corrected chi connectivity index (χ4v) is 7.39. The van der Waals surface area contributed by atoms with Crippen LogP contribution in [-0.4, -0.2) is 34.5 Å². The van der Waals surface area contributed by atoms with Gasteiger partial charge in [0.1, 0.15) is 5.84 Å². The van der Waals surface area contributed by atoms with Crippen LogP contribution in [0.3, 0.4) is 0 Å². The van der Waals surface area contributed by atoms with E-state index in [1.54, 1.807) is 5.70 Å². The zero-order chi connectivity index (χ0) is 16.7. The van der Waals surface area contributed by atoms with E-state index in [-0.39, 0.29) is 5.41 Å². The van der Waals surface area contributed by atoms with E-state index in [2.05, 4.69) is 31.7 Å². The molecule has 3 aliphatic carbocycles. The Kier molecular flexibility index (Phi) is 3.00. The molecular weight excluding hydrogens is 296 g/mol. The molecule has 3 nitrogen and oxygen atoms in total. The quantitative estimate of drug-likeness (QED) is 0.730. The highest BCUT2D eigenvalue weighted by molar-refractivity contribution is 5.87. The van der Waals surface area contributed by atoms with Crippen LogP contribution in [0.4, 0.5) is 0 Å². The van der Waals surface area contributed by atoms with E-state index in [0.29, 0.717) is 11.3 Å². The van der Waals surface area contributed by atoms with Crippen molar-refractivity contribution in [3.05, 3.63) is 11.8 Å². The van der Waals surface area contributed by atoms with E-state index >= 15 is 0 Å². The number of rotatable bonds is 0. The summed E-state index contributed by atoms with van der Waals surface area (Å²) in [5.41, 5.74) is 1.60. The molecule has 2 saturated carbocycles. The van der Waals surface area contributed by atoms with Gasteiger partial charge in [0, 0.05) is 24.1 Å². The van der Waals surface area contributed by atoms with Crippen LogP contribution in [0.1, 0.15) is 65.7 Å². The van der Waals surface area contributed by atoms with E-state index in [0.717, 1.165) is 37.8 Å². The third-order valence-electron chi connectivity index (χ3n) is 9.07. The van der Waals surface area contributed by atoms with Gasteiger partial charge >= 0.3 is 0 Å². The minimum Gasteiger partial charge on any atom is -0.390 e. The van der Waals surface area contributed by atoms with Crippen LogP contribution in [0, 0.1) is 28.6 Å². The van der Waals surface area contributed by atoms with Crippen molar-refractivity contribution in [1.82, 2.24) is 4.90 Å². The lowest BCUT2D eigenvalue weighted by Gasteiger charge is -2.59. The average Bonchev–Trinajstić information content (AvgIpc) is 3.10. The molecule has 0 bridgehead atoms. The molecule has 0 aromatic heterocycles. The standard InChI is InChI=1S/C21H32N2O/c1-19-9-8-18-22-12-13-23(18)17(19)5-4-14-15(19)6-10-20(2)16(14)7-11-21(20,3)24/h5,14-16,24H,4,6-13H2,1-3H3/t14-,15-,16+,19+,20+,21+/m0/s1. The van der Waals surface area contributed by atoms with Gasteiger partial charge in [0.05, 0.1) is 12.1 Å². The third-order valence-corrected chi connectivity index (χ3v) is 9.07. The molecule has 5 aliphatic rings. The van der Waals surface area contributed by atoms with Crippen molar-refractivity contribution < 1.29 is 5.11 Å². The minimum absolute atomic E-state index is 0.130. The molecule has 3 fully saturated rings. The van der Waals surface area contributed by atoms with Crippen LogP contribution in [0.25, 0.3) is 0 Å². The van der Waals surface area contributed by atoms with Crippen molar-refractivity contribution >= 4 is 5.84 Å². The van der Waals surface area contributed by atoms with Crippen molar-refractivity contribution in [2.45, 2.75) is 71.3 Å². The van der Waals surface area contributed by atoms with Crippen LogP contribution in [-0.2, 0) is 0 Å². The Hall–Kier alpha value is -0.830. The van der Waals surface area contributed by atoms with Gasteiger partial charge in [-0.25, -0.2) is 0 Å². The SMILES string of the molecule is C[C@]12CCC3=NCCN3C1=CC[C@@H]1[C@H]3CC[C@@](C)(O)[C@]3(C)CC[C@@H]12. The highest BCUT2D eigenvalue weighted by Gasteiger charge is 2.62. The number of allylic oxidation sites excluding steroid dienone is 2. The normalized spacial score (nSPS) is 52.8. The molecule has 3 heteroatoms. The van der Waals surface area contributed by atoms with Crippen molar-refractivity contribution in [3.8, 4) is 0 Å². The first kappa shape index (κ1) is 15.4. The number of hydrogen-bond acceptors (Lipinski definition) is 3. The Morgan fingerprint density at radius 2 is 1.92 bits per heavy atom. The fraction of sp³-hybridized carbons (Fsp3) is 0.857. The van der Waals surface area contributed by atoms with E-state index < -0.39 is 5.60 Å². The van der Waals surface area contributed by atoms with Gasteiger partial charge < -0.3 is 10.0 Å². The molecular formula is C21H32N2O. The number of piperidine rings is 1. The van der Waals surface area contributed by atoms with Crippen LogP contribution < -0.4 is 0 Å². The average molecular weight is 329 g/mol. The van der Waals surface area contributed by atoms with Gasteiger partial charge in [0.15, 0.2) is 0 Å². The highest BCUT2D eigenvalue weighted by Crippen LogP contribution is 2.66. The maximum absolute atomic E-state index is 11.0. The smallest absolute Gasteiger partial charge is 0.103 e. The molecule has 5 rings (SSSR count). The zero-order valence-electron chi connectivity index (χ0n) is 15.5. The molecule has 0 radical (unpaired) electrons. The first-order valence-corrected chi connectivity index (χ1v) is 10.1. The summed E-state index contributed by atoms with van der Waals surface area (Å²) in [6, 6.07) is 0. The molecule has 0 spiro atoms. The summed E-state index contributed by atoms with van der Waals surface area (Å²) < 4.78 is 0. The number of fused-ring (bicyclic) bond motifs is 7. The number of hydrogen-bond donors (Lipinski definition) is 1. The van der Waals surface area contributed by atoms with E-state index in [1.807, 2.05) is 0 Å². The third kappa shape index (κ3) is 1.70. The summed E-state index contributed by atoms with van der Waals surface area (Å²) in [5.74, 6) is 3.62. The van der Waals surface area contributed by atoms with Gasteiger partial charge in [-0.15, -0.1) is 0 Å². The molecule has 0 aromatic rings. The molecule has 0 unspecified atom stereocenters. The molecule has 2 heterocycles. The molecule has 0 aromatic carbocycles. The summed E-state index contributed by atoms with van der Waals surface area (Å²) >= 11 is 0. The molecule has 1 N–H and O–H groups in total. The Balaban J connectivity index is 1.53. The zero-order valence-corrected chi connectivity index (χ0v) is 15.5. The van der Waals surface area contributed by atoms with E-state index in [1.165, 1.54) is 37.9 Å². The second kappa shape index (κ2) is 4.66. The predicted molar refractivity (Wildman–Crippen MR) is 96.7 cm³/mol. The maximum atomic E-state index is 11.0. The summed E-state index contributed by atoms with van der Waals surface area (Å²) in [4.78, 5) is 7.29. The van der Waals surface area contributed by atoms with E-state index in [4.69, 9.17) is 4.99 Å². The van der Waals surface area contributed by atoms with Gasteiger partial charge in [-0.1, -0.05) is 19.9 Å². The highest BCUT2D eigenvalue weighted by atomic mass is 16.3. The number of aliphatic imine (C=N–C) groups is 1. The second-order valence-electron chi connectivity index (χ2n) is 9.84. The minimum atomic E-state index is -0.463. The van der Waals surface area contributed by atoms with Crippen molar-refractivity contribution in [3.63, 3.8) is 0 Å². The lowest BCUT2D eigenvalue weighted by Crippen LogP contribution is -2.55. The van der Waals surface area contributed by atoms with Crippen LogP contribution in [0.5, 0.6) is 0 Å². The molecule has 0 amide bonds. The lowest BCUT2D eigenvalue weighted by atomic mass is 9.48. The van der Waals surface area contributed by atoms with Crippen molar-refractivity contribution in [2.75, 3.05) is 13.1 Å². The van der Waals surface area contributed by atoms with Gasteiger partial charge in [0.2, 0.25) is 0 Å².